The van der Waals surface area contributed by atoms with E-state index in [1.165, 1.54) is 25.1 Å². The molecule has 0 amide bonds. The molecule has 0 aliphatic rings. The summed E-state index contributed by atoms with van der Waals surface area (Å²) in [5, 5.41) is 11.3. The Morgan fingerprint density at radius 1 is 0.900 bits per heavy atom. The molecule has 0 aliphatic carbocycles. The van der Waals surface area contributed by atoms with E-state index in [0.717, 1.165) is 16.7 Å². The first kappa shape index (κ1) is 21.6. The Morgan fingerprint density at radius 3 is 2.27 bits per heavy atom. The average molecular weight is 426 g/mol. The van der Waals surface area contributed by atoms with E-state index < -0.39 is 20.6 Å². The van der Waals surface area contributed by atoms with Crippen LogP contribution in [0.3, 0.4) is 0 Å². The Labute approximate surface area is 175 Å². The molecule has 0 fully saturated rings. The summed E-state index contributed by atoms with van der Waals surface area (Å²) in [6.07, 6.45) is 0. The van der Waals surface area contributed by atoms with Crippen LogP contribution in [0.25, 0.3) is 0 Å². The number of nitrogens with one attached hydrogen (secondary N) is 1. The molecule has 0 spiro atoms. The Balaban J connectivity index is 1.73. The SMILES string of the molecule is Cc1cccc([N+](=O)[O-])c1S(=O)(=O)NCc1ccccc1COCc1ccccc1. The van der Waals surface area contributed by atoms with Gasteiger partial charge in [-0.2, -0.15) is 0 Å². The predicted molar refractivity (Wildman–Crippen MR) is 113 cm³/mol. The molecule has 0 unspecified atom stereocenters. The number of hydrogen-bond acceptors (Lipinski definition) is 5. The molecule has 156 valence electrons. The largest absolute Gasteiger partial charge is 0.372 e. The van der Waals surface area contributed by atoms with Crippen LogP contribution in [0.2, 0.25) is 0 Å². The van der Waals surface area contributed by atoms with E-state index in [1.54, 1.807) is 12.1 Å². The number of sulfonamides is 1. The molecule has 0 saturated carbocycles. The summed E-state index contributed by atoms with van der Waals surface area (Å²) in [5.74, 6) is 0. The van der Waals surface area contributed by atoms with Crippen molar-refractivity contribution in [1.82, 2.24) is 4.72 Å². The Hall–Kier alpha value is -3.07. The molecule has 8 heteroatoms. The molecular weight excluding hydrogens is 404 g/mol. The van der Waals surface area contributed by atoms with Gasteiger partial charge >= 0.3 is 0 Å². The van der Waals surface area contributed by atoms with Gasteiger partial charge in [0.05, 0.1) is 18.1 Å². The highest BCUT2D eigenvalue weighted by Crippen LogP contribution is 2.27. The lowest BCUT2D eigenvalue weighted by Crippen LogP contribution is -2.25. The molecule has 0 atom stereocenters. The minimum absolute atomic E-state index is 0.00130. The molecule has 7 nitrogen and oxygen atoms in total. The fourth-order valence-corrected chi connectivity index (χ4v) is 4.50. The topological polar surface area (TPSA) is 98.5 Å². The fraction of sp³-hybridized carbons (Fsp3) is 0.182. The second kappa shape index (κ2) is 9.62. The maximum atomic E-state index is 12.8. The van der Waals surface area contributed by atoms with Gasteiger partial charge < -0.3 is 4.74 Å². The second-order valence-electron chi connectivity index (χ2n) is 6.75. The molecular formula is C22H22N2O5S. The number of hydrogen-bond donors (Lipinski definition) is 1. The van der Waals surface area contributed by atoms with Crippen LogP contribution < -0.4 is 4.72 Å². The summed E-state index contributed by atoms with van der Waals surface area (Å²) in [6.45, 7) is 2.29. The molecule has 0 aromatic heterocycles. The van der Waals surface area contributed by atoms with Gasteiger partial charge in [0, 0.05) is 12.6 Å². The summed E-state index contributed by atoms with van der Waals surface area (Å²) < 4.78 is 33.9. The van der Waals surface area contributed by atoms with E-state index in [-0.39, 0.29) is 11.4 Å². The van der Waals surface area contributed by atoms with E-state index in [1.807, 2.05) is 42.5 Å². The zero-order valence-electron chi connectivity index (χ0n) is 16.4. The van der Waals surface area contributed by atoms with E-state index >= 15 is 0 Å². The van der Waals surface area contributed by atoms with Crippen molar-refractivity contribution in [2.75, 3.05) is 0 Å². The molecule has 1 N–H and O–H groups in total. The molecule has 0 heterocycles. The molecule has 0 saturated heterocycles. The van der Waals surface area contributed by atoms with Crippen LogP contribution in [0.15, 0.2) is 77.7 Å². The van der Waals surface area contributed by atoms with Gasteiger partial charge in [0.25, 0.3) is 5.69 Å². The quantitative estimate of drug-likeness (QED) is 0.410. The van der Waals surface area contributed by atoms with Crippen LogP contribution in [0.1, 0.15) is 22.3 Å². The van der Waals surface area contributed by atoms with Crippen LogP contribution in [-0.2, 0) is 34.5 Å². The molecule has 0 bridgehead atoms. The van der Waals surface area contributed by atoms with Crippen molar-refractivity contribution < 1.29 is 18.1 Å². The number of benzene rings is 3. The second-order valence-corrected chi connectivity index (χ2v) is 8.46. The minimum atomic E-state index is -4.08. The third-order valence-corrected chi connectivity index (χ3v) is 6.19. The summed E-state index contributed by atoms with van der Waals surface area (Å²) in [5.41, 5.74) is 2.50. The number of nitro groups is 1. The van der Waals surface area contributed by atoms with Gasteiger partial charge in [0.1, 0.15) is 0 Å². The van der Waals surface area contributed by atoms with E-state index in [9.17, 15) is 18.5 Å². The molecule has 3 aromatic carbocycles. The lowest BCUT2D eigenvalue weighted by molar-refractivity contribution is -0.387. The van der Waals surface area contributed by atoms with Gasteiger partial charge in [0.15, 0.2) is 4.90 Å². The van der Waals surface area contributed by atoms with Gasteiger partial charge in [-0.3, -0.25) is 10.1 Å². The van der Waals surface area contributed by atoms with Gasteiger partial charge in [0.2, 0.25) is 10.0 Å². The number of nitrogens with zero attached hydrogens (tertiary/aromatic N) is 1. The van der Waals surface area contributed by atoms with Gasteiger partial charge in [-0.1, -0.05) is 66.7 Å². The highest BCUT2D eigenvalue weighted by molar-refractivity contribution is 7.89. The first-order valence-corrected chi connectivity index (χ1v) is 10.8. The molecule has 3 aromatic rings. The molecule has 3 rings (SSSR count). The number of ether oxygens (including phenoxy) is 1. The van der Waals surface area contributed by atoms with Gasteiger partial charge in [-0.25, -0.2) is 13.1 Å². The Bertz CT molecular complexity index is 1130. The Morgan fingerprint density at radius 2 is 1.57 bits per heavy atom. The molecule has 0 radical (unpaired) electrons. The summed E-state index contributed by atoms with van der Waals surface area (Å²) in [7, 11) is -4.08. The Kier molecular flexibility index (Phi) is 6.94. The van der Waals surface area contributed by atoms with Crippen LogP contribution in [0.4, 0.5) is 5.69 Å². The van der Waals surface area contributed by atoms with E-state index in [4.69, 9.17) is 4.74 Å². The summed E-state index contributed by atoms with van der Waals surface area (Å²) in [4.78, 5) is 10.3. The van der Waals surface area contributed by atoms with Crippen molar-refractivity contribution in [2.45, 2.75) is 31.6 Å². The standard InChI is InChI=1S/C22H22N2O5S/c1-17-8-7-13-21(24(25)26)22(17)30(27,28)23-14-19-11-5-6-12-20(19)16-29-15-18-9-3-2-4-10-18/h2-13,23H,14-16H2,1H3. The highest BCUT2D eigenvalue weighted by Gasteiger charge is 2.27. The van der Waals surface area contributed by atoms with Crippen LogP contribution in [0.5, 0.6) is 0 Å². The summed E-state index contributed by atoms with van der Waals surface area (Å²) >= 11 is 0. The van der Waals surface area contributed by atoms with Crippen LogP contribution in [0, 0.1) is 17.0 Å². The number of rotatable bonds is 9. The monoisotopic (exact) mass is 426 g/mol. The van der Waals surface area contributed by atoms with Crippen LogP contribution in [-0.4, -0.2) is 13.3 Å². The predicted octanol–water partition coefficient (Wildman–Crippen LogP) is 4.10. The highest BCUT2D eigenvalue weighted by atomic mass is 32.2. The van der Waals surface area contributed by atoms with Crippen molar-refractivity contribution in [1.29, 1.82) is 0 Å². The molecule has 0 aliphatic heterocycles. The normalized spacial score (nSPS) is 11.4. The smallest absolute Gasteiger partial charge is 0.289 e. The number of aryl methyl sites for hydroxylation is 1. The third kappa shape index (κ3) is 5.29. The fourth-order valence-electron chi connectivity index (χ4n) is 3.10. The van der Waals surface area contributed by atoms with Crippen molar-refractivity contribution in [3.05, 3.63) is 105 Å². The first-order valence-electron chi connectivity index (χ1n) is 9.30. The number of nitro benzene ring substituents is 1. The molecule has 30 heavy (non-hydrogen) atoms. The lowest BCUT2D eigenvalue weighted by Gasteiger charge is -2.13. The maximum Gasteiger partial charge on any atom is 0.289 e. The van der Waals surface area contributed by atoms with Gasteiger partial charge in [-0.05, 0) is 29.2 Å². The zero-order valence-corrected chi connectivity index (χ0v) is 17.3. The van der Waals surface area contributed by atoms with Crippen molar-refractivity contribution in [3.8, 4) is 0 Å². The van der Waals surface area contributed by atoms with Crippen molar-refractivity contribution in [2.24, 2.45) is 0 Å². The van der Waals surface area contributed by atoms with Crippen molar-refractivity contribution in [3.63, 3.8) is 0 Å². The maximum absolute atomic E-state index is 12.8. The zero-order chi connectivity index (χ0) is 21.6. The van der Waals surface area contributed by atoms with Crippen LogP contribution >= 0.6 is 0 Å². The van der Waals surface area contributed by atoms with Crippen molar-refractivity contribution >= 4 is 15.7 Å². The average Bonchev–Trinajstić information content (AvgIpc) is 2.73. The minimum Gasteiger partial charge on any atom is -0.372 e. The third-order valence-electron chi connectivity index (χ3n) is 4.60. The van der Waals surface area contributed by atoms with E-state index in [2.05, 4.69) is 4.72 Å². The first-order chi connectivity index (χ1) is 14.4. The van der Waals surface area contributed by atoms with Gasteiger partial charge in [-0.15, -0.1) is 0 Å². The van der Waals surface area contributed by atoms with E-state index in [0.29, 0.717) is 18.8 Å². The summed E-state index contributed by atoms with van der Waals surface area (Å²) in [6, 6.07) is 21.3. The lowest BCUT2D eigenvalue weighted by atomic mass is 10.1.